The molecule has 2 heterocycles. The molecular formula is C31H39N5O6. The summed E-state index contributed by atoms with van der Waals surface area (Å²) in [7, 11) is 1.60. The van der Waals surface area contributed by atoms with E-state index in [1.807, 2.05) is 45.9 Å². The molecular weight excluding hydrogens is 538 g/mol. The molecule has 42 heavy (non-hydrogen) atoms. The highest BCUT2D eigenvalue weighted by Gasteiger charge is 2.35. The molecule has 0 atom stereocenters. The van der Waals surface area contributed by atoms with Gasteiger partial charge in [-0.3, -0.25) is 14.2 Å². The molecule has 3 amide bonds. The number of amides is 3. The molecule has 2 aromatic carbocycles. The van der Waals surface area contributed by atoms with E-state index in [0.717, 1.165) is 5.56 Å². The van der Waals surface area contributed by atoms with Crippen LogP contribution in [0.1, 0.15) is 68.4 Å². The number of ether oxygens (including phenoxy) is 2. The molecule has 1 aromatic heterocycles. The topological polar surface area (TPSA) is 135 Å². The van der Waals surface area contributed by atoms with Gasteiger partial charge in [0.2, 0.25) is 5.91 Å². The van der Waals surface area contributed by atoms with Crippen molar-refractivity contribution >= 4 is 34.6 Å². The summed E-state index contributed by atoms with van der Waals surface area (Å²) in [6, 6.07) is 10.5. The van der Waals surface area contributed by atoms with Gasteiger partial charge in [-0.25, -0.2) is 9.59 Å². The van der Waals surface area contributed by atoms with Crippen LogP contribution in [0.4, 0.5) is 10.5 Å². The van der Waals surface area contributed by atoms with Crippen molar-refractivity contribution in [2.45, 2.75) is 71.1 Å². The molecule has 0 radical (unpaired) electrons. The first kappa shape index (κ1) is 29.2. The van der Waals surface area contributed by atoms with E-state index in [0.29, 0.717) is 66.8 Å². The van der Waals surface area contributed by atoms with Crippen LogP contribution in [0, 0.1) is 12.8 Å². The second-order valence-electron chi connectivity index (χ2n) is 12.2. The summed E-state index contributed by atoms with van der Waals surface area (Å²) >= 11 is 0. The van der Waals surface area contributed by atoms with E-state index in [1.54, 1.807) is 34.8 Å². The van der Waals surface area contributed by atoms with Crippen molar-refractivity contribution in [2.75, 3.05) is 25.5 Å². The quantitative estimate of drug-likeness (QED) is 0.398. The summed E-state index contributed by atoms with van der Waals surface area (Å²) in [6.07, 6.45) is 2.10. The molecule has 2 fully saturated rings. The Morgan fingerprint density at radius 2 is 1.74 bits per heavy atom. The molecule has 224 valence electrons. The lowest BCUT2D eigenvalue weighted by Crippen LogP contribution is -2.61. The zero-order valence-electron chi connectivity index (χ0n) is 24.8. The van der Waals surface area contributed by atoms with E-state index in [-0.39, 0.29) is 35.5 Å². The zero-order chi connectivity index (χ0) is 30.2. The number of benzene rings is 2. The Balaban J connectivity index is 1.24. The number of hydrogen-bond acceptors (Lipinski definition) is 6. The predicted molar refractivity (Wildman–Crippen MR) is 159 cm³/mol. The maximum Gasteiger partial charge on any atom is 0.410 e. The van der Waals surface area contributed by atoms with Gasteiger partial charge in [0.05, 0.1) is 29.7 Å². The number of anilines is 1. The van der Waals surface area contributed by atoms with Crippen molar-refractivity contribution in [1.82, 2.24) is 19.8 Å². The fraction of sp³-hybridized carbons (Fsp3) is 0.484. The number of methoxy groups -OCH3 is 1. The normalized spacial score (nSPS) is 19.2. The van der Waals surface area contributed by atoms with Gasteiger partial charge in [-0.15, -0.1) is 0 Å². The highest BCUT2D eigenvalue weighted by atomic mass is 16.6. The first-order chi connectivity index (χ1) is 19.9. The average molecular weight is 578 g/mol. The molecule has 1 aliphatic carbocycles. The number of nitrogens with one attached hydrogen (secondary N) is 3. The number of hydrogen-bond donors (Lipinski definition) is 3. The lowest BCUT2D eigenvalue weighted by molar-refractivity contribution is -0.121. The fourth-order valence-corrected chi connectivity index (χ4v) is 5.76. The molecule has 0 spiro atoms. The Morgan fingerprint density at radius 1 is 1.02 bits per heavy atom. The van der Waals surface area contributed by atoms with Gasteiger partial charge in [0.15, 0.2) is 0 Å². The molecule has 2 aliphatic rings. The van der Waals surface area contributed by atoms with Crippen LogP contribution in [-0.4, -0.2) is 64.2 Å². The zero-order valence-corrected chi connectivity index (χ0v) is 24.8. The highest BCUT2D eigenvalue weighted by Crippen LogP contribution is 2.35. The van der Waals surface area contributed by atoms with Gasteiger partial charge in [0, 0.05) is 36.8 Å². The standard InChI is InChI=1S/C31H39N5O6/c1-18-9-12-20(15-25(18)41-5)32-27(37)19-10-13-22(14-11-19)36-26-23(7-6-8-24(26)34-29(36)39)28(38)33-21-16-35(17-21)30(40)42-31(2,3)4/h6-9,12,15,19,21-22H,10-11,13-14,16-17H2,1-5H3,(H,32,37)(H,33,38)(H,34,39). The minimum Gasteiger partial charge on any atom is -0.496 e. The Hall–Kier alpha value is -4.28. The number of aromatic amines is 1. The van der Waals surface area contributed by atoms with Gasteiger partial charge >= 0.3 is 11.8 Å². The van der Waals surface area contributed by atoms with Gasteiger partial charge in [0.1, 0.15) is 11.4 Å². The van der Waals surface area contributed by atoms with Crippen LogP contribution in [0.15, 0.2) is 41.2 Å². The highest BCUT2D eigenvalue weighted by molar-refractivity contribution is 6.05. The molecule has 11 nitrogen and oxygen atoms in total. The fourth-order valence-electron chi connectivity index (χ4n) is 5.76. The second-order valence-corrected chi connectivity index (χ2v) is 12.2. The number of para-hydroxylation sites is 1. The molecule has 11 heteroatoms. The first-order valence-electron chi connectivity index (χ1n) is 14.4. The van der Waals surface area contributed by atoms with Crippen molar-refractivity contribution < 1.29 is 23.9 Å². The summed E-state index contributed by atoms with van der Waals surface area (Å²) in [5.41, 5.74) is 2.36. The molecule has 1 saturated heterocycles. The maximum absolute atomic E-state index is 13.4. The Morgan fingerprint density at radius 3 is 2.40 bits per heavy atom. The molecule has 0 bridgehead atoms. The third-order valence-electron chi connectivity index (χ3n) is 7.96. The molecule has 3 N–H and O–H groups in total. The number of rotatable bonds is 6. The number of aryl methyl sites for hydroxylation is 1. The Labute approximate surface area is 244 Å². The van der Waals surface area contributed by atoms with Crippen molar-refractivity contribution in [3.63, 3.8) is 0 Å². The maximum atomic E-state index is 13.4. The van der Waals surface area contributed by atoms with Crippen molar-refractivity contribution in [2.24, 2.45) is 5.92 Å². The van der Waals surface area contributed by atoms with Gasteiger partial charge < -0.3 is 30.0 Å². The van der Waals surface area contributed by atoms with Crippen LogP contribution in [0.3, 0.4) is 0 Å². The number of carbonyl (C=O) groups is 3. The van der Waals surface area contributed by atoms with Crippen LogP contribution in [0.2, 0.25) is 0 Å². The number of imidazole rings is 1. The van der Waals surface area contributed by atoms with Gasteiger partial charge in [0.25, 0.3) is 5.91 Å². The molecule has 0 unspecified atom stereocenters. The van der Waals surface area contributed by atoms with Gasteiger partial charge in [-0.2, -0.15) is 0 Å². The van der Waals surface area contributed by atoms with Crippen LogP contribution < -0.4 is 21.1 Å². The van der Waals surface area contributed by atoms with Crippen molar-refractivity contribution in [3.8, 4) is 5.75 Å². The van der Waals surface area contributed by atoms with E-state index in [4.69, 9.17) is 9.47 Å². The number of carbonyl (C=O) groups excluding carboxylic acids is 3. The van der Waals surface area contributed by atoms with E-state index >= 15 is 0 Å². The monoisotopic (exact) mass is 577 g/mol. The predicted octanol–water partition coefficient (Wildman–Crippen LogP) is 4.37. The number of aromatic nitrogens is 2. The first-order valence-corrected chi connectivity index (χ1v) is 14.4. The number of nitrogens with zero attached hydrogens (tertiary/aromatic N) is 2. The molecule has 1 saturated carbocycles. The minimum absolute atomic E-state index is 0.0494. The van der Waals surface area contributed by atoms with E-state index in [1.165, 1.54) is 0 Å². The number of fused-ring (bicyclic) bond motifs is 1. The van der Waals surface area contributed by atoms with Crippen LogP contribution >= 0.6 is 0 Å². The largest absolute Gasteiger partial charge is 0.496 e. The van der Waals surface area contributed by atoms with Crippen LogP contribution in [0.25, 0.3) is 11.0 Å². The molecule has 5 rings (SSSR count). The third kappa shape index (κ3) is 6.14. The summed E-state index contributed by atoms with van der Waals surface area (Å²) in [5, 5.41) is 5.99. The van der Waals surface area contributed by atoms with Crippen molar-refractivity contribution in [3.05, 3.63) is 58.0 Å². The average Bonchev–Trinajstić information content (AvgIpc) is 3.26. The van der Waals surface area contributed by atoms with E-state index in [2.05, 4.69) is 15.6 Å². The van der Waals surface area contributed by atoms with Gasteiger partial charge in [-0.05, 0) is 77.1 Å². The number of likely N-dealkylation sites (tertiary alicyclic amines) is 1. The van der Waals surface area contributed by atoms with Crippen LogP contribution in [0.5, 0.6) is 5.75 Å². The minimum atomic E-state index is -0.586. The second kappa shape index (κ2) is 11.5. The number of H-pyrrole nitrogens is 1. The molecule has 3 aromatic rings. The van der Waals surface area contributed by atoms with E-state index < -0.39 is 11.7 Å². The summed E-state index contributed by atoms with van der Waals surface area (Å²) in [5.74, 6) is 0.187. The summed E-state index contributed by atoms with van der Waals surface area (Å²) < 4.78 is 12.4. The van der Waals surface area contributed by atoms with Crippen molar-refractivity contribution in [1.29, 1.82) is 0 Å². The Bertz CT molecular complexity index is 1550. The summed E-state index contributed by atoms with van der Waals surface area (Å²) in [4.78, 5) is 56.2. The smallest absolute Gasteiger partial charge is 0.410 e. The van der Waals surface area contributed by atoms with Crippen LogP contribution in [-0.2, 0) is 9.53 Å². The SMILES string of the molecule is COc1cc(NC(=O)C2CCC(n3c(=O)[nH]c4cccc(C(=O)NC5CN(C(=O)OC(C)(C)C)C5)c43)CC2)ccc1C. The summed E-state index contributed by atoms with van der Waals surface area (Å²) in [6.45, 7) is 8.10. The Kier molecular flexibility index (Phi) is 8.03. The third-order valence-corrected chi connectivity index (χ3v) is 7.96. The van der Waals surface area contributed by atoms with Gasteiger partial charge in [-0.1, -0.05) is 12.1 Å². The molecule has 1 aliphatic heterocycles. The lowest BCUT2D eigenvalue weighted by Gasteiger charge is -2.40. The lowest BCUT2D eigenvalue weighted by atomic mass is 9.85. The van der Waals surface area contributed by atoms with E-state index in [9.17, 15) is 19.2 Å².